The second-order valence-corrected chi connectivity index (χ2v) is 8.93. The van der Waals surface area contributed by atoms with Crippen LogP contribution >= 0.6 is 15.9 Å². The maximum atomic E-state index is 12.5. The van der Waals surface area contributed by atoms with Crippen molar-refractivity contribution in [3.63, 3.8) is 0 Å². The molecule has 0 amide bonds. The Kier molecular flexibility index (Phi) is 5.24. The van der Waals surface area contributed by atoms with Gasteiger partial charge in [0, 0.05) is 5.33 Å². The van der Waals surface area contributed by atoms with Crippen molar-refractivity contribution < 1.29 is 8.42 Å². The van der Waals surface area contributed by atoms with E-state index in [9.17, 15) is 8.42 Å². The summed E-state index contributed by atoms with van der Waals surface area (Å²) in [6.45, 7) is 10.2. The molecule has 0 spiro atoms. The Labute approximate surface area is 125 Å². The lowest BCUT2D eigenvalue weighted by molar-refractivity contribution is 0.291. The molecule has 19 heavy (non-hydrogen) atoms. The Balaban J connectivity index is 3.07. The lowest BCUT2D eigenvalue weighted by atomic mass is 9.83. The maximum absolute atomic E-state index is 12.5. The third-order valence-electron chi connectivity index (χ3n) is 3.67. The van der Waals surface area contributed by atoms with Gasteiger partial charge in [0.15, 0.2) is 9.84 Å². The zero-order valence-electron chi connectivity index (χ0n) is 12.3. The average Bonchev–Trinajstić information content (AvgIpc) is 2.28. The monoisotopic (exact) mass is 346 g/mol. The van der Waals surface area contributed by atoms with Crippen LogP contribution in [0.2, 0.25) is 0 Å². The standard InChI is InChI=1S/C15H23BrO2S/c1-11-6-7-14(8-12(11)2)19(17,18)10-13(9-16)15(3,4)5/h6-8,13H,9-10H2,1-5H3. The first-order valence-corrected chi connectivity index (χ1v) is 9.21. The third kappa shape index (κ3) is 4.32. The lowest BCUT2D eigenvalue weighted by Gasteiger charge is -2.28. The van der Waals surface area contributed by atoms with Crippen LogP contribution in [0, 0.1) is 25.2 Å². The number of benzene rings is 1. The molecule has 0 bridgehead atoms. The maximum Gasteiger partial charge on any atom is 0.178 e. The molecular weight excluding hydrogens is 324 g/mol. The minimum absolute atomic E-state index is 0.0314. The van der Waals surface area contributed by atoms with Crippen molar-refractivity contribution in [2.24, 2.45) is 11.3 Å². The summed E-state index contributed by atoms with van der Waals surface area (Å²) >= 11 is 3.44. The predicted molar refractivity (Wildman–Crippen MR) is 84.7 cm³/mol. The Morgan fingerprint density at radius 3 is 2.16 bits per heavy atom. The molecule has 1 aromatic rings. The first kappa shape index (κ1) is 16.7. The highest BCUT2D eigenvalue weighted by molar-refractivity contribution is 9.09. The number of sulfone groups is 1. The molecule has 0 fully saturated rings. The SMILES string of the molecule is Cc1ccc(S(=O)(=O)CC(CBr)C(C)(C)C)cc1C. The van der Waals surface area contributed by atoms with Crippen molar-refractivity contribution in [1.82, 2.24) is 0 Å². The van der Waals surface area contributed by atoms with Crippen molar-refractivity contribution in [2.45, 2.75) is 39.5 Å². The molecule has 0 heterocycles. The highest BCUT2D eigenvalue weighted by Gasteiger charge is 2.29. The van der Waals surface area contributed by atoms with Gasteiger partial charge in [0.25, 0.3) is 0 Å². The van der Waals surface area contributed by atoms with Crippen molar-refractivity contribution in [1.29, 1.82) is 0 Å². The van der Waals surface area contributed by atoms with Gasteiger partial charge in [0.2, 0.25) is 0 Å². The van der Waals surface area contributed by atoms with Crippen LogP contribution in [0.15, 0.2) is 23.1 Å². The fourth-order valence-electron chi connectivity index (χ4n) is 1.79. The summed E-state index contributed by atoms with van der Waals surface area (Å²) in [5.41, 5.74) is 2.11. The van der Waals surface area contributed by atoms with E-state index in [1.807, 2.05) is 19.9 Å². The fraction of sp³-hybridized carbons (Fsp3) is 0.600. The molecule has 0 saturated heterocycles. The van der Waals surface area contributed by atoms with Crippen molar-refractivity contribution in [3.05, 3.63) is 29.3 Å². The van der Waals surface area contributed by atoms with Crippen LogP contribution in [0.4, 0.5) is 0 Å². The van der Waals surface area contributed by atoms with Gasteiger partial charge in [-0.3, -0.25) is 0 Å². The van der Waals surface area contributed by atoms with E-state index >= 15 is 0 Å². The minimum Gasteiger partial charge on any atom is -0.224 e. The van der Waals surface area contributed by atoms with Crippen LogP contribution in [0.5, 0.6) is 0 Å². The van der Waals surface area contributed by atoms with E-state index in [-0.39, 0.29) is 17.1 Å². The van der Waals surface area contributed by atoms with Gasteiger partial charge in [-0.05, 0) is 48.4 Å². The summed E-state index contributed by atoms with van der Waals surface area (Å²) in [5.74, 6) is 0.281. The van der Waals surface area contributed by atoms with Crippen LogP contribution in [0.3, 0.4) is 0 Å². The molecule has 1 atom stereocenters. The number of hydrogen-bond acceptors (Lipinski definition) is 2. The van der Waals surface area contributed by atoms with E-state index in [0.717, 1.165) is 11.1 Å². The number of rotatable bonds is 4. The first-order chi connectivity index (χ1) is 8.58. The van der Waals surface area contributed by atoms with Crippen molar-refractivity contribution >= 4 is 25.8 Å². The fourth-order valence-corrected chi connectivity index (χ4v) is 5.27. The summed E-state index contributed by atoms with van der Waals surface area (Å²) in [5, 5.41) is 0.695. The molecule has 0 aliphatic heterocycles. The zero-order chi connectivity index (χ0) is 14.8. The van der Waals surface area contributed by atoms with E-state index in [2.05, 4.69) is 36.7 Å². The second kappa shape index (κ2) is 5.96. The predicted octanol–water partition coefficient (Wildman–Crippen LogP) is 4.13. The number of halogens is 1. The molecule has 0 saturated carbocycles. The highest BCUT2D eigenvalue weighted by atomic mass is 79.9. The normalized spacial score (nSPS) is 14.4. The van der Waals surface area contributed by atoms with Crippen LogP contribution < -0.4 is 0 Å². The summed E-state index contributed by atoms with van der Waals surface area (Å²) in [7, 11) is -3.22. The number of hydrogen-bond donors (Lipinski definition) is 0. The third-order valence-corrected chi connectivity index (χ3v) is 6.26. The summed E-state index contributed by atoms with van der Waals surface area (Å²) in [6.07, 6.45) is 0. The molecule has 2 nitrogen and oxygen atoms in total. The number of alkyl halides is 1. The Hall–Kier alpha value is -0.350. The van der Waals surface area contributed by atoms with Crippen molar-refractivity contribution in [3.8, 4) is 0 Å². The van der Waals surface area contributed by atoms with E-state index in [1.165, 1.54) is 0 Å². The van der Waals surface area contributed by atoms with Crippen LogP contribution in [0.1, 0.15) is 31.9 Å². The van der Waals surface area contributed by atoms with Gasteiger partial charge in [0.1, 0.15) is 0 Å². The minimum atomic E-state index is -3.22. The Morgan fingerprint density at radius 1 is 1.16 bits per heavy atom. The van der Waals surface area contributed by atoms with Crippen LogP contribution in [0.25, 0.3) is 0 Å². The smallest absolute Gasteiger partial charge is 0.178 e. The van der Waals surface area contributed by atoms with Gasteiger partial charge in [-0.15, -0.1) is 0 Å². The molecule has 4 heteroatoms. The van der Waals surface area contributed by atoms with E-state index in [4.69, 9.17) is 0 Å². The molecular formula is C15H23BrO2S. The Bertz CT molecular complexity index is 542. The van der Waals surface area contributed by atoms with Crippen LogP contribution in [-0.4, -0.2) is 19.5 Å². The van der Waals surface area contributed by atoms with E-state index < -0.39 is 9.84 Å². The van der Waals surface area contributed by atoms with Gasteiger partial charge in [0.05, 0.1) is 10.6 Å². The molecule has 0 radical (unpaired) electrons. The second-order valence-electron chi connectivity index (χ2n) is 6.24. The van der Waals surface area contributed by atoms with Crippen LogP contribution in [-0.2, 0) is 9.84 Å². The Morgan fingerprint density at radius 2 is 1.74 bits per heavy atom. The van der Waals surface area contributed by atoms with E-state index in [0.29, 0.717) is 10.2 Å². The molecule has 0 aliphatic rings. The first-order valence-electron chi connectivity index (χ1n) is 6.44. The summed E-state index contributed by atoms with van der Waals surface area (Å²) in [6, 6.07) is 5.37. The van der Waals surface area contributed by atoms with Gasteiger partial charge < -0.3 is 0 Å². The largest absolute Gasteiger partial charge is 0.224 e. The molecule has 0 aliphatic carbocycles. The molecule has 1 aromatic carbocycles. The van der Waals surface area contributed by atoms with Crippen molar-refractivity contribution in [2.75, 3.05) is 11.1 Å². The average molecular weight is 347 g/mol. The summed E-state index contributed by atoms with van der Waals surface area (Å²) < 4.78 is 25.0. The van der Waals surface area contributed by atoms with Gasteiger partial charge in [-0.1, -0.05) is 42.8 Å². The topological polar surface area (TPSA) is 34.1 Å². The zero-order valence-corrected chi connectivity index (χ0v) is 14.7. The molecule has 1 unspecified atom stereocenters. The molecule has 108 valence electrons. The quantitative estimate of drug-likeness (QED) is 0.768. The summed E-state index contributed by atoms with van der Waals surface area (Å²) in [4.78, 5) is 0.436. The highest BCUT2D eigenvalue weighted by Crippen LogP contribution is 2.30. The molecule has 0 N–H and O–H groups in total. The molecule has 0 aromatic heterocycles. The van der Waals surface area contributed by atoms with Gasteiger partial charge >= 0.3 is 0 Å². The van der Waals surface area contributed by atoms with E-state index in [1.54, 1.807) is 12.1 Å². The number of aryl methyl sites for hydroxylation is 2. The molecule has 1 rings (SSSR count). The van der Waals surface area contributed by atoms with Gasteiger partial charge in [-0.25, -0.2) is 8.42 Å². The van der Waals surface area contributed by atoms with Gasteiger partial charge in [-0.2, -0.15) is 0 Å². The lowest BCUT2D eigenvalue weighted by Crippen LogP contribution is -2.29.